The third kappa shape index (κ3) is 3.96. The van der Waals surface area contributed by atoms with Gasteiger partial charge in [-0.3, -0.25) is 9.69 Å². The second-order valence-corrected chi connectivity index (χ2v) is 4.73. The van der Waals surface area contributed by atoms with Crippen molar-refractivity contribution in [3.05, 3.63) is 71.3 Å². The minimum atomic E-state index is -0.360. The number of hydrogen-bond acceptors (Lipinski definition) is 2. The average Bonchev–Trinajstić information content (AvgIpc) is 2.42. The lowest BCUT2D eigenvalue weighted by atomic mass is 10.1. The van der Waals surface area contributed by atoms with Crippen molar-refractivity contribution in [2.45, 2.75) is 6.54 Å². The molecule has 0 bridgehead atoms. The molecule has 104 valence electrons. The maximum atomic E-state index is 12.8. The maximum Gasteiger partial charge on any atom is 0.176 e. The fraction of sp³-hybridized carbons (Fsp3) is 0.188. The summed E-state index contributed by atoms with van der Waals surface area (Å²) in [7, 11) is 1.81. The van der Waals surface area contributed by atoms with Crippen molar-refractivity contribution < 1.29 is 13.6 Å². The smallest absolute Gasteiger partial charge is 0.176 e. The largest absolute Gasteiger partial charge is 0.295 e. The van der Waals surface area contributed by atoms with Gasteiger partial charge in [-0.25, -0.2) is 8.78 Å². The number of carbonyl (C=O) groups excluding carboxylic acids is 1. The van der Waals surface area contributed by atoms with E-state index < -0.39 is 0 Å². The van der Waals surface area contributed by atoms with Gasteiger partial charge in [0.25, 0.3) is 0 Å². The molecule has 2 aromatic carbocycles. The minimum absolute atomic E-state index is 0.0744. The third-order valence-corrected chi connectivity index (χ3v) is 2.95. The van der Waals surface area contributed by atoms with Gasteiger partial charge >= 0.3 is 0 Å². The van der Waals surface area contributed by atoms with Crippen LogP contribution in [0.5, 0.6) is 0 Å². The van der Waals surface area contributed by atoms with E-state index in [4.69, 9.17) is 0 Å². The highest BCUT2D eigenvalue weighted by atomic mass is 19.1. The molecule has 4 heteroatoms. The molecule has 0 spiro atoms. The second-order valence-electron chi connectivity index (χ2n) is 4.73. The highest BCUT2D eigenvalue weighted by molar-refractivity contribution is 5.97. The summed E-state index contributed by atoms with van der Waals surface area (Å²) < 4.78 is 25.6. The Morgan fingerprint density at radius 2 is 1.45 bits per heavy atom. The Hall–Kier alpha value is -2.07. The summed E-state index contributed by atoms with van der Waals surface area (Å²) in [6.07, 6.45) is 0. The van der Waals surface area contributed by atoms with Gasteiger partial charge in [0.05, 0.1) is 6.54 Å². The van der Waals surface area contributed by atoms with Crippen molar-refractivity contribution in [1.29, 1.82) is 0 Å². The van der Waals surface area contributed by atoms with E-state index in [2.05, 4.69) is 0 Å². The zero-order valence-electron chi connectivity index (χ0n) is 11.1. The molecule has 0 aliphatic carbocycles. The molecule has 0 saturated heterocycles. The van der Waals surface area contributed by atoms with E-state index in [1.165, 1.54) is 36.4 Å². The molecule has 0 aliphatic heterocycles. The van der Waals surface area contributed by atoms with Crippen LogP contribution >= 0.6 is 0 Å². The lowest BCUT2D eigenvalue weighted by Gasteiger charge is -2.15. The van der Waals surface area contributed by atoms with Crippen LogP contribution in [0.1, 0.15) is 15.9 Å². The van der Waals surface area contributed by atoms with E-state index >= 15 is 0 Å². The SMILES string of the molecule is CN(CC(=O)c1ccc(F)cc1)Cc1ccc(F)cc1. The van der Waals surface area contributed by atoms with Gasteiger partial charge < -0.3 is 0 Å². The van der Waals surface area contributed by atoms with Crippen molar-refractivity contribution >= 4 is 5.78 Å². The number of ketones is 1. The molecular formula is C16H15F2NO. The molecule has 0 aromatic heterocycles. The summed E-state index contributed by atoms with van der Waals surface area (Å²) in [6, 6.07) is 11.7. The summed E-state index contributed by atoms with van der Waals surface area (Å²) >= 11 is 0. The molecule has 0 amide bonds. The Kier molecular flexibility index (Phi) is 4.58. The second kappa shape index (κ2) is 6.39. The van der Waals surface area contributed by atoms with Crippen LogP contribution in [0.3, 0.4) is 0 Å². The van der Waals surface area contributed by atoms with E-state index in [0.29, 0.717) is 12.1 Å². The first-order valence-electron chi connectivity index (χ1n) is 6.26. The Labute approximate surface area is 116 Å². The van der Waals surface area contributed by atoms with Crippen LogP contribution in [0, 0.1) is 11.6 Å². The quantitative estimate of drug-likeness (QED) is 0.780. The molecule has 0 atom stereocenters. The lowest BCUT2D eigenvalue weighted by Crippen LogP contribution is -2.25. The number of Topliss-reactive ketones (excluding diaryl/α,β-unsaturated/α-hetero) is 1. The molecule has 0 heterocycles. The molecular weight excluding hydrogens is 260 g/mol. The number of rotatable bonds is 5. The van der Waals surface area contributed by atoms with E-state index in [0.717, 1.165) is 5.56 Å². The van der Waals surface area contributed by atoms with Gasteiger partial charge in [-0.1, -0.05) is 12.1 Å². The normalized spacial score (nSPS) is 10.8. The molecule has 0 unspecified atom stereocenters. The van der Waals surface area contributed by atoms with Crippen LogP contribution < -0.4 is 0 Å². The highest BCUT2D eigenvalue weighted by Gasteiger charge is 2.10. The van der Waals surface area contributed by atoms with Crippen molar-refractivity contribution in [3.8, 4) is 0 Å². The molecule has 2 nitrogen and oxygen atoms in total. The minimum Gasteiger partial charge on any atom is -0.295 e. The van der Waals surface area contributed by atoms with Crippen molar-refractivity contribution in [2.24, 2.45) is 0 Å². The Morgan fingerprint density at radius 3 is 2.00 bits per heavy atom. The highest BCUT2D eigenvalue weighted by Crippen LogP contribution is 2.08. The number of benzene rings is 2. The first-order chi connectivity index (χ1) is 9.54. The van der Waals surface area contributed by atoms with Gasteiger partial charge in [0, 0.05) is 12.1 Å². The number of likely N-dealkylation sites (N-methyl/N-ethyl adjacent to an activating group) is 1. The van der Waals surface area contributed by atoms with Crippen molar-refractivity contribution in [3.63, 3.8) is 0 Å². The zero-order chi connectivity index (χ0) is 14.5. The maximum absolute atomic E-state index is 12.8. The molecule has 0 saturated carbocycles. The molecule has 2 aromatic rings. The van der Waals surface area contributed by atoms with Gasteiger partial charge in [-0.2, -0.15) is 0 Å². The van der Waals surface area contributed by atoms with Crippen molar-refractivity contribution in [2.75, 3.05) is 13.6 Å². The predicted octanol–water partition coefficient (Wildman–Crippen LogP) is 3.28. The van der Waals surface area contributed by atoms with Crippen LogP contribution in [0.15, 0.2) is 48.5 Å². The molecule has 0 fully saturated rings. The molecule has 0 radical (unpaired) electrons. The Morgan fingerprint density at radius 1 is 0.950 bits per heavy atom. The van der Waals surface area contributed by atoms with Gasteiger partial charge in [-0.15, -0.1) is 0 Å². The fourth-order valence-corrected chi connectivity index (χ4v) is 1.93. The Bertz CT molecular complexity index is 578. The molecule has 2 rings (SSSR count). The van der Waals surface area contributed by atoms with Crippen LogP contribution in [-0.4, -0.2) is 24.3 Å². The number of nitrogens with zero attached hydrogens (tertiary/aromatic N) is 1. The standard InChI is InChI=1S/C16H15F2NO/c1-19(10-12-2-6-14(17)7-3-12)11-16(20)13-4-8-15(18)9-5-13/h2-9H,10-11H2,1H3. The predicted molar refractivity (Wildman–Crippen MR) is 73.5 cm³/mol. The van der Waals surface area contributed by atoms with Gasteiger partial charge in [0.1, 0.15) is 11.6 Å². The summed E-state index contributed by atoms with van der Waals surface area (Å²) in [5.74, 6) is -0.713. The zero-order valence-corrected chi connectivity index (χ0v) is 11.1. The van der Waals surface area contributed by atoms with Gasteiger partial charge in [0.2, 0.25) is 0 Å². The summed E-state index contributed by atoms with van der Waals surface area (Å²) in [5, 5.41) is 0. The molecule has 0 aliphatic rings. The summed E-state index contributed by atoms with van der Waals surface area (Å²) in [5.41, 5.74) is 1.41. The molecule has 0 N–H and O–H groups in total. The van der Waals surface area contributed by atoms with Crippen LogP contribution in [0.2, 0.25) is 0 Å². The van der Waals surface area contributed by atoms with E-state index in [9.17, 15) is 13.6 Å². The monoisotopic (exact) mass is 275 g/mol. The lowest BCUT2D eigenvalue weighted by molar-refractivity contribution is 0.0943. The van der Waals surface area contributed by atoms with Crippen molar-refractivity contribution in [1.82, 2.24) is 4.90 Å². The summed E-state index contributed by atoms with van der Waals surface area (Å²) in [6.45, 7) is 0.774. The molecule has 20 heavy (non-hydrogen) atoms. The third-order valence-electron chi connectivity index (χ3n) is 2.95. The summed E-state index contributed by atoms with van der Waals surface area (Å²) in [4.78, 5) is 13.8. The topological polar surface area (TPSA) is 20.3 Å². The first kappa shape index (κ1) is 14.3. The van der Waals surface area contributed by atoms with E-state index in [-0.39, 0.29) is 24.0 Å². The number of halogens is 2. The first-order valence-corrected chi connectivity index (χ1v) is 6.26. The average molecular weight is 275 g/mol. The fourth-order valence-electron chi connectivity index (χ4n) is 1.93. The van der Waals surface area contributed by atoms with Gasteiger partial charge in [0.15, 0.2) is 5.78 Å². The van der Waals surface area contributed by atoms with E-state index in [1.54, 1.807) is 12.1 Å². The Balaban J connectivity index is 1.93. The van der Waals surface area contributed by atoms with Crippen LogP contribution in [0.25, 0.3) is 0 Å². The van der Waals surface area contributed by atoms with E-state index in [1.807, 2.05) is 11.9 Å². The van der Waals surface area contributed by atoms with Crippen LogP contribution in [0.4, 0.5) is 8.78 Å². The van der Waals surface area contributed by atoms with Gasteiger partial charge in [-0.05, 0) is 49.0 Å². The number of hydrogen-bond donors (Lipinski definition) is 0. The number of carbonyl (C=O) groups is 1. The van der Waals surface area contributed by atoms with Crippen LogP contribution in [-0.2, 0) is 6.54 Å².